The molecule has 1 aliphatic heterocycles. The van der Waals surface area contributed by atoms with Crippen molar-refractivity contribution < 1.29 is 9.47 Å². The number of rotatable bonds is 5. The molecule has 1 aliphatic rings. The van der Waals surface area contributed by atoms with Crippen molar-refractivity contribution in [2.24, 2.45) is 0 Å². The smallest absolute Gasteiger partial charge is 0.128 e. The lowest BCUT2D eigenvalue weighted by Crippen LogP contribution is -2.21. The van der Waals surface area contributed by atoms with Gasteiger partial charge < -0.3 is 14.8 Å². The van der Waals surface area contributed by atoms with E-state index in [-0.39, 0.29) is 0 Å². The Morgan fingerprint density at radius 1 is 1.53 bits per heavy atom. The van der Waals surface area contributed by atoms with Gasteiger partial charge in [0.25, 0.3) is 0 Å². The van der Waals surface area contributed by atoms with Crippen LogP contribution in [-0.2, 0) is 0 Å². The standard InChI is InChI=1S/C14H19NO2/c1-3-5-8-16-11-6-7-12-13(15-4-2)10-17-14(12)9-11/h3,5-7,9,13,15H,4,8,10H2,1-2H3. The Kier molecular flexibility index (Phi) is 4.04. The number of likely N-dealkylation sites (N-methyl/N-ethyl adjacent to an activating group) is 1. The van der Waals surface area contributed by atoms with Gasteiger partial charge in [0.1, 0.15) is 24.7 Å². The van der Waals surface area contributed by atoms with E-state index in [1.54, 1.807) is 0 Å². The Bertz CT molecular complexity index is 401. The molecule has 0 radical (unpaired) electrons. The van der Waals surface area contributed by atoms with Crippen LogP contribution >= 0.6 is 0 Å². The third kappa shape index (κ3) is 2.80. The molecule has 0 spiro atoms. The molecule has 0 saturated heterocycles. The SMILES string of the molecule is CC=CCOc1ccc2c(c1)OCC2NCC. The highest BCUT2D eigenvalue weighted by Gasteiger charge is 2.23. The number of hydrogen-bond donors (Lipinski definition) is 1. The van der Waals surface area contributed by atoms with Gasteiger partial charge in [-0.1, -0.05) is 19.1 Å². The first-order valence-corrected chi connectivity index (χ1v) is 6.09. The van der Waals surface area contributed by atoms with Crippen molar-refractivity contribution in [2.75, 3.05) is 19.8 Å². The molecule has 0 saturated carbocycles. The third-order valence-corrected chi connectivity index (χ3v) is 2.80. The monoisotopic (exact) mass is 233 g/mol. The molecule has 0 fully saturated rings. The van der Waals surface area contributed by atoms with Crippen LogP contribution in [0.3, 0.4) is 0 Å². The number of hydrogen-bond acceptors (Lipinski definition) is 3. The summed E-state index contributed by atoms with van der Waals surface area (Å²) in [5.41, 5.74) is 1.23. The number of benzene rings is 1. The molecule has 17 heavy (non-hydrogen) atoms. The zero-order chi connectivity index (χ0) is 12.1. The van der Waals surface area contributed by atoms with Crippen LogP contribution in [-0.4, -0.2) is 19.8 Å². The van der Waals surface area contributed by atoms with Crippen molar-refractivity contribution >= 4 is 0 Å². The molecule has 1 N–H and O–H groups in total. The maximum atomic E-state index is 5.65. The van der Waals surface area contributed by atoms with E-state index in [1.165, 1.54) is 5.56 Å². The summed E-state index contributed by atoms with van der Waals surface area (Å²) in [5.74, 6) is 1.80. The highest BCUT2D eigenvalue weighted by Crippen LogP contribution is 2.35. The molecule has 1 atom stereocenters. The van der Waals surface area contributed by atoms with Gasteiger partial charge in [-0.3, -0.25) is 0 Å². The van der Waals surface area contributed by atoms with Gasteiger partial charge in [0.05, 0.1) is 6.04 Å². The van der Waals surface area contributed by atoms with Crippen LogP contribution in [0.4, 0.5) is 0 Å². The van der Waals surface area contributed by atoms with Crippen molar-refractivity contribution in [3.63, 3.8) is 0 Å². The van der Waals surface area contributed by atoms with Gasteiger partial charge in [0.15, 0.2) is 0 Å². The molecule has 3 heteroatoms. The van der Waals surface area contributed by atoms with Crippen molar-refractivity contribution in [1.82, 2.24) is 5.32 Å². The van der Waals surface area contributed by atoms with Crippen molar-refractivity contribution in [3.05, 3.63) is 35.9 Å². The summed E-state index contributed by atoms with van der Waals surface area (Å²) < 4.78 is 11.2. The van der Waals surface area contributed by atoms with Crippen molar-refractivity contribution in [1.29, 1.82) is 0 Å². The van der Waals surface area contributed by atoms with Crippen LogP contribution in [0, 0.1) is 0 Å². The zero-order valence-electron chi connectivity index (χ0n) is 10.4. The highest BCUT2D eigenvalue weighted by atomic mass is 16.5. The second-order valence-corrected chi connectivity index (χ2v) is 4.00. The third-order valence-electron chi connectivity index (χ3n) is 2.80. The van der Waals surface area contributed by atoms with Gasteiger partial charge in [-0.2, -0.15) is 0 Å². The number of allylic oxidation sites excluding steroid dienone is 1. The number of fused-ring (bicyclic) bond motifs is 1. The largest absolute Gasteiger partial charge is 0.491 e. The molecular formula is C14H19NO2. The maximum absolute atomic E-state index is 5.65. The molecule has 0 bridgehead atoms. The first-order valence-electron chi connectivity index (χ1n) is 6.09. The summed E-state index contributed by atoms with van der Waals surface area (Å²) in [6, 6.07) is 6.37. The molecule has 3 nitrogen and oxygen atoms in total. The molecule has 0 aliphatic carbocycles. The van der Waals surface area contributed by atoms with E-state index < -0.39 is 0 Å². The van der Waals surface area contributed by atoms with Gasteiger partial charge in [0, 0.05) is 11.6 Å². The van der Waals surface area contributed by atoms with Crippen LogP contribution in [0.1, 0.15) is 25.5 Å². The van der Waals surface area contributed by atoms with E-state index in [1.807, 2.05) is 31.2 Å². The normalized spacial score (nSPS) is 18.1. The average molecular weight is 233 g/mol. The highest BCUT2D eigenvalue weighted by molar-refractivity contribution is 5.45. The maximum Gasteiger partial charge on any atom is 0.128 e. The first kappa shape index (κ1) is 12.0. The van der Waals surface area contributed by atoms with E-state index in [2.05, 4.69) is 18.3 Å². The predicted octanol–water partition coefficient (Wildman–Crippen LogP) is 2.68. The molecule has 1 aromatic carbocycles. The Hall–Kier alpha value is -1.48. The van der Waals surface area contributed by atoms with Gasteiger partial charge in [-0.05, 0) is 25.6 Å². The Balaban J connectivity index is 2.05. The summed E-state index contributed by atoms with van der Waals surface area (Å²) in [7, 11) is 0. The Labute approximate surface area is 102 Å². The van der Waals surface area contributed by atoms with Crippen LogP contribution in [0.5, 0.6) is 11.5 Å². The topological polar surface area (TPSA) is 30.5 Å². The minimum absolute atomic E-state index is 0.319. The van der Waals surface area contributed by atoms with E-state index in [0.717, 1.165) is 18.0 Å². The summed E-state index contributed by atoms with van der Waals surface area (Å²) in [6.45, 7) is 6.35. The van der Waals surface area contributed by atoms with Crippen LogP contribution < -0.4 is 14.8 Å². The molecule has 1 heterocycles. The molecule has 2 rings (SSSR count). The van der Waals surface area contributed by atoms with Gasteiger partial charge >= 0.3 is 0 Å². The van der Waals surface area contributed by atoms with Crippen LogP contribution in [0.25, 0.3) is 0 Å². The van der Waals surface area contributed by atoms with Gasteiger partial charge in [-0.15, -0.1) is 0 Å². The molecular weight excluding hydrogens is 214 g/mol. The molecule has 0 aromatic heterocycles. The number of ether oxygens (including phenoxy) is 2. The van der Waals surface area contributed by atoms with Crippen molar-refractivity contribution in [3.8, 4) is 11.5 Å². The fourth-order valence-electron chi connectivity index (χ4n) is 1.94. The van der Waals surface area contributed by atoms with E-state index in [4.69, 9.17) is 9.47 Å². The molecule has 92 valence electrons. The molecule has 1 unspecified atom stereocenters. The Morgan fingerprint density at radius 2 is 2.41 bits per heavy atom. The van der Waals surface area contributed by atoms with Crippen molar-refractivity contribution in [2.45, 2.75) is 19.9 Å². The second kappa shape index (κ2) is 5.73. The fourth-order valence-corrected chi connectivity index (χ4v) is 1.94. The minimum Gasteiger partial charge on any atom is -0.491 e. The lowest BCUT2D eigenvalue weighted by Gasteiger charge is -2.09. The summed E-state index contributed by atoms with van der Waals surface area (Å²) in [4.78, 5) is 0. The fraction of sp³-hybridized carbons (Fsp3) is 0.429. The first-order chi connectivity index (χ1) is 8.35. The second-order valence-electron chi connectivity index (χ2n) is 4.00. The van der Waals surface area contributed by atoms with Gasteiger partial charge in [-0.25, -0.2) is 0 Å². The minimum atomic E-state index is 0.319. The predicted molar refractivity (Wildman–Crippen MR) is 68.7 cm³/mol. The average Bonchev–Trinajstić information content (AvgIpc) is 2.73. The quantitative estimate of drug-likeness (QED) is 0.793. The summed E-state index contributed by atoms with van der Waals surface area (Å²) >= 11 is 0. The van der Waals surface area contributed by atoms with Crippen LogP contribution in [0.15, 0.2) is 30.4 Å². The van der Waals surface area contributed by atoms with E-state index in [0.29, 0.717) is 19.3 Å². The molecule has 0 amide bonds. The zero-order valence-corrected chi connectivity index (χ0v) is 10.4. The lowest BCUT2D eigenvalue weighted by atomic mass is 10.1. The lowest BCUT2D eigenvalue weighted by molar-refractivity contribution is 0.310. The Morgan fingerprint density at radius 3 is 3.18 bits per heavy atom. The molecule has 1 aromatic rings. The van der Waals surface area contributed by atoms with Crippen LogP contribution in [0.2, 0.25) is 0 Å². The van der Waals surface area contributed by atoms with E-state index in [9.17, 15) is 0 Å². The summed E-state index contributed by atoms with van der Waals surface area (Å²) in [6.07, 6.45) is 3.96. The number of nitrogens with one attached hydrogen (secondary N) is 1. The summed E-state index contributed by atoms with van der Waals surface area (Å²) in [5, 5.41) is 3.40. The van der Waals surface area contributed by atoms with Gasteiger partial charge in [0.2, 0.25) is 0 Å². The van der Waals surface area contributed by atoms with E-state index >= 15 is 0 Å².